The number of ether oxygens (including phenoxy) is 1. The minimum Gasteiger partial charge on any atom is -0.445 e. The van der Waals surface area contributed by atoms with E-state index in [0.717, 1.165) is 5.56 Å². The molecule has 0 amide bonds. The van der Waals surface area contributed by atoms with Crippen LogP contribution in [-0.2, 0) is 16.0 Å². The average Bonchev–Trinajstić information content (AvgIpc) is 2.17. The maximum atomic E-state index is 11.5. The zero-order valence-corrected chi connectivity index (χ0v) is 11.6. The lowest BCUT2D eigenvalue weighted by molar-refractivity contribution is -0.147. The molecule has 0 spiro atoms. The molecule has 1 aromatic carbocycles. The first-order valence-corrected chi connectivity index (χ1v) is 6.20. The highest BCUT2D eigenvalue weighted by atomic mass is 79.9. The van der Waals surface area contributed by atoms with Crippen molar-refractivity contribution in [2.75, 3.05) is 0 Å². The van der Waals surface area contributed by atoms with Crippen LogP contribution >= 0.6 is 27.5 Å². The summed E-state index contributed by atoms with van der Waals surface area (Å²) >= 11 is 9.18. The largest absolute Gasteiger partial charge is 0.445 e. The predicted octanol–water partition coefficient (Wildman–Crippen LogP) is 3.51. The second-order valence-electron chi connectivity index (χ2n) is 3.98. The Balaban J connectivity index is 2.49. The van der Waals surface area contributed by atoms with Gasteiger partial charge in [0.05, 0.1) is 0 Å². The highest BCUT2D eigenvalue weighted by molar-refractivity contribution is 9.10. The molecular weight excluding hydrogens is 291 g/mol. The van der Waals surface area contributed by atoms with E-state index >= 15 is 0 Å². The summed E-state index contributed by atoms with van der Waals surface area (Å²) in [5.41, 5.74) is 0.411. The van der Waals surface area contributed by atoms with Crippen LogP contribution in [0.2, 0.25) is 0 Å². The van der Waals surface area contributed by atoms with Gasteiger partial charge in [-0.1, -0.05) is 57.9 Å². The minimum atomic E-state index is -0.698. The van der Waals surface area contributed by atoms with Crippen molar-refractivity contribution in [2.45, 2.75) is 30.2 Å². The summed E-state index contributed by atoms with van der Waals surface area (Å²) in [4.78, 5) is 11.5. The van der Waals surface area contributed by atoms with Crippen molar-refractivity contribution in [1.29, 1.82) is 0 Å². The Kier molecular flexibility index (Phi) is 4.81. The normalized spacial score (nSPS) is 13.2. The third-order valence-corrected chi connectivity index (χ3v) is 2.53. The number of carbonyl (C=O) groups is 1. The first-order valence-electron chi connectivity index (χ1n) is 4.97. The fraction of sp³-hybridized carbons (Fsp3) is 0.417. The zero-order chi connectivity index (χ0) is 12.2. The molecule has 0 N–H and O–H groups in total. The quantitative estimate of drug-likeness (QED) is 0.628. The summed E-state index contributed by atoms with van der Waals surface area (Å²) in [6, 6.07) is 9.68. The molecule has 0 aliphatic carbocycles. The first kappa shape index (κ1) is 13.5. The third-order valence-electron chi connectivity index (χ3n) is 1.96. The van der Waals surface area contributed by atoms with E-state index in [9.17, 15) is 4.79 Å². The highest BCUT2D eigenvalue weighted by Crippen LogP contribution is 2.20. The van der Waals surface area contributed by atoms with Gasteiger partial charge in [0.1, 0.15) is 4.32 Å². The molecule has 1 aromatic rings. The molecule has 0 aliphatic rings. The average molecular weight is 306 g/mol. The molecule has 1 unspecified atom stereocenters. The Bertz CT molecular complexity index is 346. The van der Waals surface area contributed by atoms with Crippen LogP contribution in [0, 0.1) is 0 Å². The van der Waals surface area contributed by atoms with Crippen molar-refractivity contribution in [2.24, 2.45) is 0 Å². The molecule has 2 nitrogen and oxygen atoms in total. The number of halogens is 2. The molecule has 0 aliphatic heterocycles. The summed E-state index contributed by atoms with van der Waals surface area (Å²) < 4.78 is 4.40. The van der Waals surface area contributed by atoms with E-state index in [0.29, 0.717) is 6.42 Å². The number of esters is 1. The van der Waals surface area contributed by atoms with Crippen molar-refractivity contribution >= 4 is 33.5 Å². The lowest BCUT2D eigenvalue weighted by atomic mass is 10.2. The van der Waals surface area contributed by atoms with E-state index in [-0.39, 0.29) is 5.97 Å². The molecule has 0 fully saturated rings. The Morgan fingerprint density at radius 3 is 2.50 bits per heavy atom. The fourth-order valence-electron chi connectivity index (χ4n) is 1.10. The van der Waals surface area contributed by atoms with E-state index in [1.54, 1.807) is 13.8 Å². The second-order valence-corrected chi connectivity index (χ2v) is 6.45. The van der Waals surface area contributed by atoms with Gasteiger partial charge < -0.3 is 4.74 Å². The molecule has 1 atom stereocenters. The number of hydrogen-bond donors (Lipinski definition) is 0. The van der Waals surface area contributed by atoms with Gasteiger partial charge in [-0.15, -0.1) is 0 Å². The van der Waals surface area contributed by atoms with Gasteiger partial charge >= 0.3 is 5.97 Å². The summed E-state index contributed by atoms with van der Waals surface area (Å²) in [6.07, 6.45) is 0.511. The molecule has 88 valence electrons. The van der Waals surface area contributed by atoms with Gasteiger partial charge in [0.2, 0.25) is 0 Å². The van der Waals surface area contributed by atoms with E-state index in [1.807, 2.05) is 30.3 Å². The van der Waals surface area contributed by atoms with Crippen molar-refractivity contribution in [3.8, 4) is 0 Å². The van der Waals surface area contributed by atoms with Crippen LogP contribution in [-0.4, -0.2) is 15.9 Å². The van der Waals surface area contributed by atoms with Crippen molar-refractivity contribution in [3.05, 3.63) is 35.9 Å². The second kappa shape index (κ2) is 5.69. The lowest BCUT2D eigenvalue weighted by Gasteiger charge is -2.18. The van der Waals surface area contributed by atoms with Crippen LogP contribution in [0.1, 0.15) is 19.4 Å². The Labute approximate surface area is 109 Å². The maximum Gasteiger partial charge on any atom is 0.323 e. The van der Waals surface area contributed by atoms with Crippen molar-refractivity contribution in [3.63, 3.8) is 0 Å². The molecule has 0 saturated carbocycles. The molecule has 1 rings (SSSR count). The highest BCUT2D eigenvalue weighted by Gasteiger charge is 2.27. The first-order chi connectivity index (χ1) is 7.39. The van der Waals surface area contributed by atoms with Crippen LogP contribution < -0.4 is 0 Å². The molecule has 4 heteroatoms. The van der Waals surface area contributed by atoms with E-state index in [2.05, 4.69) is 15.9 Å². The number of benzene rings is 1. The smallest absolute Gasteiger partial charge is 0.323 e. The van der Waals surface area contributed by atoms with Crippen molar-refractivity contribution < 1.29 is 9.53 Å². The van der Waals surface area contributed by atoms with Crippen LogP contribution in [0.15, 0.2) is 30.3 Å². The Morgan fingerprint density at radius 2 is 2.00 bits per heavy atom. The SMILES string of the molecule is CC(C)(Br)C(=O)OC(Cl)Cc1ccccc1. The topological polar surface area (TPSA) is 26.3 Å². The molecule has 0 radical (unpaired) electrons. The van der Waals surface area contributed by atoms with Gasteiger partial charge in [0.25, 0.3) is 0 Å². The summed E-state index contributed by atoms with van der Waals surface area (Å²) in [5, 5.41) is 0. The van der Waals surface area contributed by atoms with Crippen LogP contribution in [0.5, 0.6) is 0 Å². The summed E-state index contributed by atoms with van der Waals surface area (Å²) in [5.74, 6) is -0.358. The van der Waals surface area contributed by atoms with Gasteiger partial charge in [-0.05, 0) is 19.4 Å². The molecule has 16 heavy (non-hydrogen) atoms. The van der Waals surface area contributed by atoms with Crippen LogP contribution in [0.3, 0.4) is 0 Å². The van der Waals surface area contributed by atoms with Crippen LogP contribution in [0.4, 0.5) is 0 Å². The van der Waals surface area contributed by atoms with Crippen LogP contribution in [0.25, 0.3) is 0 Å². The molecule has 0 aromatic heterocycles. The summed E-state index contributed by atoms with van der Waals surface area (Å²) in [6.45, 7) is 3.45. The minimum absolute atomic E-state index is 0.358. The van der Waals surface area contributed by atoms with Gasteiger partial charge in [-0.25, -0.2) is 0 Å². The van der Waals surface area contributed by atoms with Gasteiger partial charge in [0, 0.05) is 6.42 Å². The summed E-state index contributed by atoms with van der Waals surface area (Å²) in [7, 11) is 0. The predicted molar refractivity (Wildman–Crippen MR) is 68.9 cm³/mol. The standard InChI is InChI=1S/C12H14BrClO2/c1-12(2,13)11(15)16-10(14)8-9-6-4-3-5-7-9/h3-7,10H,8H2,1-2H3. The number of carbonyl (C=O) groups excluding carboxylic acids is 1. The third kappa shape index (κ3) is 4.54. The van der Waals surface area contributed by atoms with Crippen molar-refractivity contribution in [1.82, 2.24) is 0 Å². The van der Waals surface area contributed by atoms with Gasteiger partial charge in [-0.2, -0.15) is 0 Å². The zero-order valence-electron chi connectivity index (χ0n) is 9.24. The molecule has 0 saturated heterocycles. The number of hydrogen-bond acceptors (Lipinski definition) is 2. The molecular formula is C12H14BrClO2. The lowest BCUT2D eigenvalue weighted by Crippen LogP contribution is -2.29. The van der Waals surface area contributed by atoms with E-state index < -0.39 is 9.89 Å². The fourth-order valence-corrected chi connectivity index (χ4v) is 1.45. The van der Waals surface area contributed by atoms with E-state index in [4.69, 9.17) is 16.3 Å². The van der Waals surface area contributed by atoms with Gasteiger partial charge in [0.15, 0.2) is 5.56 Å². The maximum absolute atomic E-state index is 11.5. The number of rotatable bonds is 4. The Morgan fingerprint density at radius 1 is 1.44 bits per heavy atom. The number of alkyl halides is 2. The van der Waals surface area contributed by atoms with Gasteiger partial charge in [-0.3, -0.25) is 4.79 Å². The van der Waals surface area contributed by atoms with E-state index in [1.165, 1.54) is 0 Å². The Hall–Kier alpha value is -0.540. The monoisotopic (exact) mass is 304 g/mol. The molecule has 0 heterocycles. The molecule has 0 bridgehead atoms.